The standard InChI is InChI=1S/C9H13NO2/c1-9(2)6-3-10(5-12)7(4-11)8(6)9/h4-8H,3H2,1-2H3/t6?,7-,8?/m1/s1. The van der Waals surface area contributed by atoms with Crippen molar-refractivity contribution in [1.82, 2.24) is 4.90 Å². The Labute approximate surface area is 71.7 Å². The van der Waals surface area contributed by atoms with E-state index in [4.69, 9.17) is 0 Å². The van der Waals surface area contributed by atoms with Crippen molar-refractivity contribution in [1.29, 1.82) is 0 Å². The van der Waals surface area contributed by atoms with Gasteiger partial charge in [-0.25, -0.2) is 0 Å². The van der Waals surface area contributed by atoms with Crippen LogP contribution < -0.4 is 0 Å². The Morgan fingerprint density at radius 2 is 2.08 bits per heavy atom. The Hall–Kier alpha value is -0.860. The van der Waals surface area contributed by atoms with E-state index in [9.17, 15) is 9.59 Å². The SMILES string of the molecule is CC1(C)C2CN(C=O)[C@H](C=O)C21. The van der Waals surface area contributed by atoms with Crippen molar-refractivity contribution in [2.75, 3.05) is 6.54 Å². The van der Waals surface area contributed by atoms with Gasteiger partial charge < -0.3 is 9.69 Å². The molecule has 66 valence electrons. The fourth-order valence-corrected chi connectivity index (χ4v) is 2.64. The Kier molecular flexibility index (Phi) is 1.35. The van der Waals surface area contributed by atoms with Crippen molar-refractivity contribution in [3.63, 3.8) is 0 Å². The molecule has 1 saturated carbocycles. The topological polar surface area (TPSA) is 37.4 Å². The number of likely N-dealkylation sites (tertiary alicyclic amines) is 1. The number of aldehydes is 1. The number of nitrogens with zero attached hydrogens (tertiary/aromatic N) is 1. The van der Waals surface area contributed by atoms with Gasteiger partial charge in [0.25, 0.3) is 0 Å². The summed E-state index contributed by atoms with van der Waals surface area (Å²) in [5.41, 5.74) is 0.283. The van der Waals surface area contributed by atoms with Gasteiger partial charge in [-0.1, -0.05) is 13.8 Å². The summed E-state index contributed by atoms with van der Waals surface area (Å²) in [5.74, 6) is 0.970. The minimum Gasteiger partial charge on any atom is -0.335 e. The second-order valence-electron chi connectivity index (χ2n) is 4.38. The van der Waals surface area contributed by atoms with Crippen LogP contribution in [0.2, 0.25) is 0 Å². The van der Waals surface area contributed by atoms with Gasteiger partial charge in [0.2, 0.25) is 6.41 Å². The van der Waals surface area contributed by atoms with E-state index in [-0.39, 0.29) is 11.5 Å². The second-order valence-corrected chi connectivity index (χ2v) is 4.38. The van der Waals surface area contributed by atoms with Crippen molar-refractivity contribution in [3.8, 4) is 0 Å². The maximum Gasteiger partial charge on any atom is 0.210 e. The largest absolute Gasteiger partial charge is 0.335 e. The van der Waals surface area contributed by atoms with Crippen molar-refractivity contribution in [2.45, 2.75) is 19.9 Å². The fourth-order valence-electron chi connectivity index (χ4n) is 2.64. The molecular weight excluding hydrogens is 154 g/mol. The predicted octanol–water partition coefficient (Wildman–Crippen LogP) is 0.298. The van der Waals surface area contributed by atoms with Gasteiger partial charge in [-0.05, 0) is 17.3 Å². The molecule has 1 aliphatic heterocycles. The molecule has 0 radical (unpaired) electrons. The molecule has 2 rings (SSSR count). The van der Waals surface area contributed by atoms with Crippen molar-refractivity contribution in [2.24, 2.45) is 17.3 Å². The highest BCUT2D eigenvalue weighted by Gasteiger charge is 2.66. The second kappa shape index (κ2) is 2.09. The third-order valence-corrected chi connectivity index (χ3v) is 3.57. The summed E-state index contributed by atoms with van der Waals surface area (Å²) in [5, 5.41) is 0. The maximum atomic E-state index is 10.7. The summed E-state index contributed by atoms with van der Waals surface area (Å²) < 4.78 is 0. The number of amides is 1. The third kappa shape index (κ3) is 0.713. The van der Waals surface area contributed by atoms with Gasteiger partial charge >= 0.3 is 0 Å². The van der Waals surface area contributed by atoms with E-state index in [1.807, 2.05) is 0 Å². The zero-order valence-electron chi connectivity index (χ0n) is 7.36. The molecule has 0 aromatic rings. The molecule has 12 heavy (non-hydrogen) atoms. The Bertz CT molecular complexity index is 237. The normalized spacial score (nSPS) is 42.2. The molecule has 0 spiro atoms. The predicted molar refractivity (Wildman–Crippen MR) is 43.4 cm³/mol. The molecule has 1 aliphatic carbocycles. The smallest absolute Gasteiger partial charge is 0.210 e. The van der Waals surface area contributed by atoms with Crippen LogP contribution in [0.1, 0.15) is 13.8 Å². The van der Waals surface area contributed by atoms with Gasteiger partial charge in [-0.15, -0.1) is 0 Å². The zero-order valence-corrected chi connectivity index (χ0v) is 7.36. The Morgan fingerprint density at radius 3 is 2.58 bits per heavy atom. The van der Waals surface area contributed by atoms with Crippen LogP contribution in [0.3, 0.4) is 0 Å². The molecule has 3 nitrogen and oxygen atoms in total. The molecule has 3 heteroatoms. The number of fused-ring (bicyclic) bond motifs is 1. The third-order valence-electron chi connectivity index (χ3n) is 3.57. The van der Waals surface area contributed by atoms with Crippen LogP contribution >= 0.6 is 0 Å². The number of piperidine rings is 1. The summed E-state index contributed by atoms with van der Waals surface area (Å²) in [4.78, 5) is 22.8. The highest BCUT2D eigenvalue weighted by Crippen LogP contribution is 2.64. The van der Waals surface area contributed by atoms with Crippen LogP contribution in [0, 0.1) is 17.3 Å². The molecule has 2 fully saturated rings. The lowest BCUT2D eigenvalue weighted by Crippen LogP contribution is -2.36. The number of rotatable bonds is 2. The first-order chi connectivity index (χ1) is 5.62. The molecular formula is C9H13NO2. The van der Waals surface area contributed by atoms with E-state index in [2.05, 4.69) is 13.8 Å². The molecule has 0 aromatic heterocycles. The van der Waals surface area contributed by atoms with Gasteiger partial charge in [-0.2, -0.15) is 0 Å². The van der Waals surface area contributed by atoms with Crippen molar-refractivity contribution >= 4 is 12.7 Å². The van der Waals surface area contributed by atoms with Crippen LogP contribution in [0.15, 0.2) is 0 Å². The average Bonchev–Trinajstić information content (AvgIpc) is 2.50. The monoisotopic (exact) mass is 167 g/mol. The minimum atomic E-state index is -0.150. The highest BCUT2D eigenvalue weighted by molar-refractivity contribution is 5.67. The van der Waals surface area contributed by atoms with Gasteiger partial charge in [0.1, 0.15) is 6.29 Å². The lowest BCUT2D eigenvalue weighted by atomic mass is 10.0. The first-order valence-electron chi connectivity index (χ1n) is 4.29. The quantitative estimate of drug-likeness (QED) is 0.555. The van der Waals surface area contributed by atoms with Crippen molar-refractivity contribution < 1.29 is 9.59 Å². The number of carbonyl (C=O) groups excluding carboxylic acids is 2. The summed E-state index contributed by atoms with van der Waals surface area (Å²) in [7, 11) is 0. The number of carbonyl (C=O) groups is 2. The van der Waals surface area contributed by atoms with Crippen LogP contribution in [0.4, 0.5) is 0 Å². The number of hydrogen-bond acceptors (Lipinski definition) is 2. The summed E-state index contributed by atoms with van der Waals surface area (Å²) in [6.07, 6.45) is 1.70. The molecule has 1 heterocycles. The fraction of sp³-hybridized carbons (Fsp3) is 0.778. The minimum absolute atomic E-state index is 0.150. The number of hydrogen-bond donors (Lipinski definition) is 0. The average molecular weight is 167 g/mol. The van der Waals surface area contributed by atoms with E-state index in [0.29, 0.717) is 11.8 Å². The van der Waals surface area contributed by atoms with Gasteiger partial charge in [0.05, 0.1) is 6.04 Å². The lowest BCUT2D eigenvalue weighted by Gasteiger charge is -2.22. The molecule has 0 N–H and O–H groups in total. The molecule has 1 saturated heterocycles. The maximum absolute atomic E-state index is 10.7. The summed E-state index contributed by atoms with van der Waals surface area (Å²) >= 11 is 0. The first kappa shape index (κ1) is 7.77. The van der Waals surface area contributed by atoms with E-state index in [1.165, 1.54) is 0 Å². The molecule has 2 aliphatic rings. The van der Waals surface area contributed by atoms with E-state index in [1.54, 1.807) is 4.90 Å². The van der Waals surface area contributed by atoms with E-state index in [0.717, 1.165) is 19.2 Å². The zero-order chi connectivity index (χ0) is 8.93. The van der Waals surface area contributed by atoms with Crippen LogP contribution in [0.5, 0.6) is 0 Å². The Balaban J connectivity index is 2.17. The molecule has 3 atom stereocenters. The lowest BCUT2D eigenvalue weighted by molar-refractivity contribution is -0.125. The first-order valence-corrected chi connectivity index (χ1v) is 4.29. The highest BCUT2D eigenvalue weighted by atomic mass is 16.1. The van der Waals surface area contributed by atoms with Gasteiger partial charge in [-0.3, -0.25) is 4.79 Å². The van der Waals surface area contributed by atoms with E-state index < -0.39 is 0 Å². The summed E-state index contributed by atoms with van der Waals surface area (Å²) in [6.45, 7) is 5.10. The van der Waals surface area contributed by atoms with Crippen LogP contribution in [0.25, 0.3) is 0 Å². The molecule has 0 bridgehead atoms. The molecule has 1 amide bonds. The Morgan fingerprint density at radius 1 is 1.42 bits per heavy atom. The molecule has 2 unspecified atom stereocenters. The van der Waals surface area contributed by atoms with Crippen molar-refractivity contribution in [3.05, 3.63) is 0 Å². The molecule has 0 aromatic carbocycles. The van der Waals surface area contributed by atoms with Crippen LogP contribution in [-0.4, -0.2) is 30.2 Å². The van der Waals surface area contributed by atoms with Crippen LogP contribution in [-0.2, 0) is 9.59 Å². The van der Waals surface area contributed by atoms with Gasteiger partial charge in [0.15, 0.2) is 0 Å². The van der Waals surface area contributed by atoms with Gasteiger partial charge in [0, 0.05) is 6.54 Å². The van der Waals surface area contributed by atoms with E-state index >= 15 is 0 Å². The summed E-state index contributed by atoms with van der Waals surface area (Å²) in [6, 6.07) is -0.150.